The van der Waals surface area contributed by atoms with Crippen molar-refractivity contribution in [3.8, 4) is 11.4 Å². The van der Waals surface area contributed by atoms with E-state index >= 15 is 0 Å². The Labute approximate surface area is 158 Å². The number of nitrogens with two attached hydrogens (primary N) is 1. The minimum Gasteiger partial charge on any atom is -0.341 e. The lowest BCUT2D eigenvalue weighted by atomic mass is 10.1. The number of aromatic nitrogens is 2. The van der Waals surface area contributed by atoms with E-state index in [9.17, 15) is 4.79 Å². The number of carbonyl (C=O) groups excluding carboxylic acids is 1. The van der Waals surface area contributed by atoms with Gasteiger partial charge in [-0.3, -0.25) is 4.79 Å². The fourth-order valence-corrected chi connectivity index (χ4v) is 2.78. The molecule has 6 heteroatoms. The minimum atomic E-state index is -0.484. The first kappa shape index (κ1) is 18.8. The fourth-order valence-electron chi connectivity index (χ4n) is 2.78. The molecular weight excluding hydrogens is 340 g/mol. The van der Waals surface area contributed by atoms with Gasteiger partial charge in [0.05, 0.1) is 0 Å². The van der Waals surface area contributed by atoms with E-state index in [1.54, 1.807) is 0 Å². The summed E-state index contributed by atoms with van der Waals surface area (Å²) in [5.74, 6) is 1.05. The predicted molar refractivity (Wildman–Crippen MR) is 104 cm³/mol. The van der Waals surface area contributed by atoms with Crippen LogP contribution < -0.4 is 11.1 Å². The molecule has 0 radical (unpaired) electrons. The molecule has 0 spiro atoms. The number of carbonyl (C=O) groups is 1. The normalized spacial score (nSPS) is 12.1. The zero-order valence-electron chi connectivity index (χ0n) is 15.6. The lowest BCUT2D eigenvalue weighted by Crippen LogP contribution is -2.30. The van der Waals surface area contributed by atoms with E-state index in [1.165, 1.54) is 0 Å². The zero-order valence-corrected chi connectivity index (χ0v) is 15.6. The van der Waals surface area contributed by atoms with Gasteiger partial charge in [-0.15, -0.1) is 0 Å². The largest absolute Gasteiger partial charge is 0.341 e. The van der Waals surface area contributed by atoms with E-state index in [1.807, 2.05) is 68.4 Å². The quantitative estimate of drug-likeness (QED) is 0.670. The molecule has 0 saturated carbocycles. The molecule has 0 saturated heterocycles. The van der Waals surface area contributed by atoms with Crippen molar-refractivity contribution < 1.29 is 9.32 Å². The highest BCUT2D eigenvalue weighted by molar-refractivity contribution is 5.77. The van der Waals surface area contributed by atoms with Crippen molar-refractivity contribution in [1.82, 2.24) is 15.5 Å². The molecule has 1 aromatic heterocycles. The molecule has 6 nitrogen and oxygen atoms in total. The van der Waals surface area contributed by atoms with Gasteiger partial charge in [-0.05, 0) is 17.0 Å². The molecule has 1 unspecified atom stereocenters. The second-order valence-corrected chi connectivity index (χ2v) is 6.87. The van der Waals surface area contributed by atoms with Crippen LogP contribution in [0.4, 0.5) is 0 Å². The third-order valence-electron chi connectivity index (χ3n) is 4.17. The molecule has 0 aliphatic heterocycles. The van der Waals surface area contributed by atoms with Gasteiger partial charge in [-0.25, -0.2) is 0 Å². The molecule has 27 heavy (non-hydrogen) atoms. The Morgan fingerprint density at radius 2 is 1.81 bits per heavy atom. The number of benzene rings is 2. The molecule has 1 heterocycles. The summed E-state index contributed by atoms with van der Waals surface area (Å²) < 4.78 is 5.50. The third-order valence-corrected chi connectivity index (χ3v) is 4.17. The smallest absolute Gasteiger partial charge is 0.254 e. The summed E-state index contributed by atoms with van der Waals surface area (Å²) >= 11 is 0. The topological polar surface area (TPSA) is 94.0 Å². The average molecular weight is 364 g/mol. The lowest BCUT2D eigenvalue weighted by molar-refractivity contribution is -0.122. The summed E-state index contributed by atoms with van der Waals surface area (Å²) in [6.07, 6.45) is 0.435. The first-order chi connectivity index (χ1) is 13.1. The van der Waals surface area contributed by atoms with Gasteiger partial charge in [0.25, 0.3) is 5.89 Å². The summed E-state index contributed by atoms with van der Waals surface area (Å²) in [6.45, 7) is 4.50. The molecule has 0 aliphatic rings. The van der Waals surface area contributed by atoms with Crippen LogP contribution >= 0.6 is 0 Å². The summed E-state index contributed by atoms with van der Waals surface area (Å²) in [5.41, 5.74) is 8.40. The Bertz CT molecular complexity index is 873. The molecule has 0 aliphatic carbocycles. The molecule has 3 aromatic rings. The number of nitrogens with one attached hydrogen (secondary N) is 1. The standard InChI is InChI=1S/C21H24N4O2/c1-14(2)12-18(26)23-19(16-6-4-3-5-7-16)21-24-20(25-27-21)17-10-8-15(13-22)9-11-17/h3-11,14,19H,12-13,22H2,1-2H3,(H,23,26). The van der Waals surface area contributed by atoms with Crippen molar-refractivity contribution in [3.05, 3.63) is 71.6 Å². The van der Waals surface area contributed by atoms with E-state index in [0.717, 1.165) is 16.7 Å². The first-order valence-electron chi connectivity index (χ1n) is 9.04. The maximum atomic E-state index is 12.3. The molecule has 2 aromatic carbocycles. The molecule has 1 atom stereocenters. The maximum absolute atomic E-state index is 12.3. The molecule has 3 rings (SSSR count). The Balaban J connectivity index is 1.88. The van der Waals surface area contributed by atoms with E-state index in [0.29, 0.717) is 24.7 Å². The first-order valence-corrected chi connectivity index (χ1v) is 9.04. The molecule has 0 fully saturated rings. The SMILES string of the molecule is CC(C)CC(=O)NC(c1ccccc1)c1nc(-c2ccc(CN)cc2)no1. The van der Waals surface area contributed by atoms with Gasteiger partial charge in [-0.2, -0.15) is 4.98 Å². The Kier molecular flexibility index (Phi) is 5.98. The van der Waals surface area contributed by atoms with Gasteiger partial charge in [0, 0.05) is 18.5 Å². The van der Waals surface area contributed by atoms with Crippen molar-refractivity contribution in [1.29, 1.82) is 0 Å². The van der Waals surface area contributed by atoms with Crippen LogP contribution in [0.15, 0.2) is 59.1 Å². The summed E-state index contributed by atoms with van der Waals surface area (Å²) in [4.78, 5) is 16.9. The van der Waals surface area contributed by atoms with Crippen LogP contribution in [0.2, 0.25) is 0 Å². The van der Waals surface area contributed by atoms with Crippen LogP contribution in [0, 0.1) is 5.92 Å². The number of hydrogen-bond acceptors (Lipinski definition) is 5. The molecule has 140 valence electrons. The van der Waals surface area contributed by atoms with Crippen LogP contribution in [0.25, 0.3) is 11.4 Å². The molecule has 3 N–H and O–H groups in total. The highest BCUT2D eigenvalue weighted by Crippen LogP contribution is 2.24. The van der Waals surface area contributed by atoms with Gasteiger partial charge in [0.15, 0.2) is 0 Å². The van der Waals surface area contributed by atoms with Crippen LogP contribution in [0.3, 0.4) is 0 Å². The Morgan fingerprint density at radius 3 is 2.44 bits per heavy atom. The summed E-state index contributed by atoms with van der Waals surface area (Å²) in [6, 6.07) is 16.8. The fraction of sp³-hybridized carbons (Fsp3) is 0.286. The number of rotatable bonds is 7. The molecule has 1 amide bonds. The van der Waals surface area contributed by atoms with Gasteiger partial charge in [0.2, 0.25) is 11.7 Å². The van der Waals surface area contributed by atoms with Crippen LogP contribution in [0.1, 0.15) is 43.3 Å². The van der Waals surface area contributed by atoms with E-state index in [2.05, 4.69) is 15.5 Å². The van der Waals surface area contributed by atoms with E-state index in [-0.39, 0.29) is 11.8 Å². The van der Waals surface area contributed by atoms with Crippen molar-refractivity contribution in [3.63, 3.8) is 0 Å². The van der Waals surface area contributed by atoms with Crippen LogP contribution in [0.5, 0.6) is 0 Å². The van der Waals surface area contributed by atoms with Crippen LogP contribution in [-0.2, 0) is 11.3 Å². The number of hydrogen-bond donors (Lipinski definition) is 2. The highest BCUT2D eigenvalue weighted by Gasteiger charge is 2.23. The second kappa shape index (κ2) is 8.60. The monoisotopic (exact) mass is 364 g/mol. The van der Waals surface area contributed by atoms with Crippen molar-refractivity contribution >= 4 is 5.91 Å². The zero-order chi connectivity index (χ0) is 19.2. The predicted octanol–water partition coefficient (Wildman–Crippen LogP) is 3.45. The van der Waals surface area contributed by atoms with Crippen molar-refractivity contribution in [2.75, 3.05) is 0 Å². The van der Waals surface area contributed by atoms with E-state index < -0.39 is 6.04 Å². The third kappa shape index (κ3) is 4.80. The number of amides is 1. The van der Waals surface area contributed by atoms with Crippen molar-refractivity contribution in [2.24, 2.45) is 11.7 Å². The average Bonchev–Trinajstić information content (AvgIpc) is 3.16. The number of nitrogens with zero attached hydrogens (tertiary/aromatic N) is 2. The summed E-state index contributed by atoms with van der Waals surface area (Å²) in [5, 5.41) is 7.10. The van der Waals surface area contributed by atoms with Gasteiger partial charge >= 0.3 is 0 Å². The van der Waals surface area contributed by atoms with Crippen molar-refractivity contribution in [2.45, 2.75) is 32.9 Å². The van der Waals surface area contributed by atoms with Crippen LogP contribution in [-0.4, -0.2) is 16.0 Å². The van der Waals surface area contributed by atoms with Gasteiger partial charge in [-0.1, -0.05) is 73.6 Å². The van der Waals surface area contributed by atoms with Gasteiger partial charge in [0.1, 0.15) is 6.04 Å². The molecular formula is C21H24N4O2. The lowest BCUT2D eigenvalue weighted by Gasteiger charge is -2.16. The second-order valence-electron chi connectivity index (χ2n) is 6.87. The van der Waals surface area contributed by atoms with Gasteiger partial charge < -0.3 is 15.6 Å². The minimum absolute atomic E-state index is 0.0501. The Hall–Kier alpha value is -2.99. The highest BCUT2D eigenvalue weighted by atomic mass is 16.5. The Morgan fingerprint density at radius 1 is 1.11 bits per heavy atom. The summed E-state index contributed by atoms with van der Waals surface area (Å²) in [7, 11) is 0. The van der Waals surface area contributed by atoms with E-state index in [4.69, 9.17) is 10.3 Å². The molecule has 0 bridgehead atoms. The maximum Gasteiger partial charge on any atom is 0.254 e.